The first-order chi connectivity index (χ1) is 15.0. The molecule has 4 rings (SSSR count). The molecule has 1 heterocycles. The Labute approximate surface area is 182 Å². The van der Waals surface area contributed by atoms with Crippen LogP contribution in [0.15, 0.2) is 66.7 Å². The molecule has 3 aromatic rings. The second kappa shape index (κ2) is 8.64. The van der Waals surface area contributed by atoms with E-state index in [1.165, 1.54) is 0 Å². The van der Waals surface area contributed by atoms with Crippen LogP contribution in [0.5, 0.6) is 0 Å². The van der Waals surface area contributed by atoms with Crippen molar-refractivity contribution in [1.29, 1.82) is 0 Å². The summed E-state index contributed by atoms with van der Waals surface area (Å²) >= 11 is 0. The summed E-state index contributed by atoms with van der Waals surface area (Å²) in [4.78, 5) is 27.6. The van der Waals surface area contributed by atoms with Crippen LogP contribution in [0.1, 0.15) is 34.0 Å². The third-order valence-corrected chi connectivity index (χ3v) is 5.81. The van der Waals surface area contributed by atoms with Crippen molar-refractivity contribution >= 4 is 28.9 Å². The fraction of sp³-hybridized carbons (Fsp3) is 0.231. The Balaban J connectivity index is 1.50. The minimum atomic E-state index is -0.882. The van der Waals surface area contributed by atoms with Crippen molar-refractivity contribution in [2.75, 3.05) is 16.8 Å². The monoisotopic (exact) mass is 414 g/mol. The van der Waals surface area contributed by atoms with E-state index in [9.17, 15) is 9.59 Å². The molecule has 5 nitrogen and oxygen atoms in total. The van der Waals surface area contributed by atoms with Crippen LogP contribution >= 0.6 is 0 Å². The standard InChI is InChI=1S/C26H26N2O3/c1-17-9-8-13-22(18(17)2)27-23-12-6-5-11-21(23)26(30)31-19(3)25(29)28-16-15-20-10-4-7-14-24(20)28/h4-14,19,27H,15-16H2,1-3H3/t19-/m1/s1. The van der Waals surface area contributed by atoms with E-state index in [1.807, 2.05) is 68.4 Å². The number of carbonyl (C=O) groups is 2. The summed E-state index contributed by atoms with van der Waals surface area (Å²) in [6.07, 6.45) is -0.0713. The highest BCUT2D eigenvalue weighted by Gasteiger charge is 2.30. The van der Waals surface area contributed by atoms with Crippen LogP contribution in [-0.2, 0) is 16.0 Å². The topological polar surface area (TPSA) is 58.6 Å². The van der Waals surface area contributed by atoms with Gasteiger partial charge in [-0.1, -0.05) is 42.5 Å². The second-order valence-electron chi connectivity index (χ2n) is 7.83. The molecule has 1 aliphatic heterocycles. The number of rotatable bonds is 5. The van der Waals surface area contributed by atoms with E-state index in [0.717, 1.165) is 34.5 Å². The van der Waals surface area contributed by atoms with E-state index in [-0.39, 0.29) is 5.91 Å². The lowest BCUT2D eigenvalue weighted by Gasteiger charge is -2.22. The molecule has 1 N–H and O–H groups in total. The van der Waals surface area contributed by atoms with Crippen molar-refractivity contribution in [3.05, 3.63) is 89.0 Å². The minimum absolute atomic E-state index is 0.210. The van der Waals surface area contributed by atoms with Gasteiger partial charge in [0.2, 0.25) is 0 Å². The van der Waals surface area contributed by atoms with Gasteiger partial charge in [0.05, 0.1) is 11.3 Å². The number of amides is 1. The first kappa shape index (κ1) is 20.7. The lowest BCUT2D eigenvalue weighted by atomic mass is 10.1. The average Bonchev–Trinajstić information content (AvgIpc) is 3.21. The highest BCUT2D eigenvalue weighted by atomic mass is 16.5. The molecule has 0 saturated carbocycles. The molecule has 158 valence electrons. The first-order valence-corrected chi connectivity index (χ1v) is 10.5. The van der Waals surface area contributed by atoms with Gasteiger partial charge in [-0.05, 0) is 68.1 Å². The number of aryl methyl sites for hydroxylation is 1. The van der Waals surface area contributed by atoms with Crippen LogP contribution in [0, 0.1) is 13.8 Å². The quantitative estimate of drug-likeness (QED) is 0.585. The maximum atomic E-state index is 13.0. The Hall–Kier alpha value is -3.60. The number of benzene rings is 3. The SMILES string of the molecule is Cc1cccc(Nc2ccccc2C(=O)O[C@H](C)C(=O)N2CCc3ccccc32)c1C. The number of nitrogens with zero attached hydrogens (tertiary/aromatic N) is 1. The summed E-state index contributed by atoms with van der Waals surface area (Å²) in [5.74, 6) is -0.736. The Morgan fingerprint density at radius 1 is 0.935 bits per heavy atom. The summed E-state index contributed by atoms with van der Waals surface area (Å²) in [6, 6.07) is 21.0. The molecule has 0 bridgehead atoms. The third kappa shape index (κ3) is 4.17. The highest BCUT2D eigenvalue weighted by molar-refractivity contribution is 6.02. The Kier molecular flexibility index (Phi) is 5.76. The predicted octanol–water partition coefficient (Wildman–Crippen LogP) is 5.18. The summed E-state index contributed by atoms with van der Waals surface area (Å²) in [5, 5.41) is 3.34. The molecular weight excluding hydrogens is 388 g/mol. The van der Waals surface area contributed by atoms with Gasteiger partial charge in [-0.25, -0.2) is 4.79 Å². The van der Waals surface area contributed by atoms with Gasteiger partial charge in [0.25, 0.3) is 5.91 Å². The van der Waals surface area contributed by atoms with Gasteiger partial charge in [-0.2, -0.15) is 0 Å². The van der Waals surface area contributed by atoms with Gasteiger partial charge in [0.15, 0.2) is 6.10 Å². The fourth-order valence-corrected chi connectivity index (χ4v) is 3.86. The molecule has 0 aromatic heterocycles. The zero-order valence-corrected chi connectivity index (χ0v) is 18.0. The van der Waals surface area contributed by atoms with Gasteiger partial charge in [0.1, 0.15) is 0 Å². The van der Waals surface area contributed by atoms with Crippen LogP contribution in [-0.4, -0.2) is 24.5 Å². The number of anilines is 3. The van der Waals surface area contributed by atoms with Crippen molar-refractivity contribution in [1.82, 2.24) is 0 Å². The molecule has 1 amide bonds. The zero-order chi connectivity index (χ0) is 22.0. The van der Waals surface area contributed by atoms with Gasteiger partial charge in [-0.3, -0.25) is 4.79 Å². The van der Waals surface area contributed by atoms with Gasteiger partial charge >= 0.3 is 5.97 Å². The summed E-state index contributed by atoms with van der Waals surface area (Å²) in [5.41, 5.74) is 6.28. The molecule has 0 fully saturated rings. The highest BCUT2D eigenvalue weighted by Crippen LogP contribution is 2.29. The smallest absolute Gasteiger partial charge is 0.341 e. The number of ether oxygens (including phenoxy) is 1. The Bertz CT molecular complexity index is 1140. The number of esters is 1. The number of fused-ring (bicyclic) bond motifs is 1. The Morgan fingerprint density at radius 3 is 2.48 bits per heavy atom. The van der Waals surface area contributed by atoms with E-state index in [1.54, 1.807) is 24.0 Å². The molecule has 0 aliphatic carbocycles. The largest absolute Gasteiger partial charge is 0.449 e. The lowest BCUT2D eigenvalue weighted by molar-refractivity contribution is -0.126. The van der Waals surface area contributed by atoms with Crippen molar-refractivity contribution in [3.8, 4) is 0 Å². The van der Waals surface area contributed by atoms with Crippen molar-refractivity contribution in [2.24, 2.45) is 0 Å². The number of nitrogens with one attached hydrogen (secondary N) is 1. The second-order valence-corrected chi connectivity index (χ2v) is 7.83. The Morgan fingerprint density at radius 2 is 1.65 bits per heavy atom. The normalized spacial score (nSPS) is 13.5. The van der Waals surface area contributed by atoms with Crippen molar-refractivity contribution in [3.63, 3.8) is 0 Å². The van der Waals surface area contributed by atoms with Crippen LogP contribution in [0.4, 0.5) is 17.1 Å². The van der Waals surface area contributed by atoms with E-state index >= 15 is 0 Å². The van der Waals surface area contributed by atoms with Gasteiger partial charge in [-0.15, -0.1) is 0 Å². The van der Waals surface area contributed by atoms with E-state index in [4.69, 9.17) is 4.74 Å². The summed E-state index contributed by atoms with van der Waals surface area (Å²) < 4.78 is 5.59. The molecule has 1 atom stereocenters. The first-order valence-electron chi connectivity index (χ1n) is 10.5. The molecular formula is C26H26N2O3. The summed E-state index contributed by atoms with van der Waals surface area (Å²) in [7, 11) is 0. The lowest BCUT2D eigenvalue weighted by Crippen LogP contribution is -2.39. The van der Waals surface area contributed by atoms with Crippen molar-refractivity contribution < 1.29 is 14.3 Å². The molecule has 5 heteroatoms. The molecule has 0 saturated heterocycles. The molecule has 0 spiro atoms. The number of hydrogen-bond acceptors (Lipinski definition) is 4. The third-order valence-electron chi connectivity index (χ3n) is 5.81. The number of hydrogen-bond donors (Lipinski definition) is 1. The van der Waals surface area contributed by atoms with Crippen LogP contribution in [0.2, 0.25) is 0 Å². The average molecular weight is 415 g/mol. The van der Waals surface area contributed by atoms with Crippen LogP contribution in [0.25, 0.3) is 0 Å². The van der Waals surface area contributed by atoms with Crippen molar-refractivity contribution in [2.45, 2.75) is 33.3 Å². The molecule has 1 aliphatic rings. The van der Waals surface area contributed by atoms with Crippen LogP contribution < -0.4 is 10.2 Å². The maximum absolute atomic E-state index is 13.0. The zero-order valence-electron chi connectivity index (χ0n) is 18.0. The number of carbonyl (C=O) groups excluding carboxylic acids is 2. The van der Waals surface area contributed by atoms with Gasteiger partial charge < -0.3 is 15.0 Å². The van der Waals surface area contributed by atoms with Gasteiger partial charge in [0, 0.05) is 17.9 Å². The predicted molar refractivity (Wildman–Crippen MR) is 123 cm³/mol. The fourth-order valence-electron chi connectivity index (χ4n) is 3.86. The van der Waals surface area contributed by atoms with E-state index in [0.29, 0.717) is 17.8 Å². The van der Waals surface area contributed by atoms with E-state index < -0.39 is 12.1 Å². The molecule has 3 aromatic carbocycles. The maximum Gasteiger partial charge on any atom is 0.341 e. The number of para-hydroxylation sites is 2. The van der Waals surface area contributed by atoms with E-state index in [2.05, 4.69) is 5.32 Å². The minimum Gasteiger partial charge on any atom is -0.449 e. The molecule has 31 heavy (non-hydrogen) atoms. The summed E-state index contributed by atoms with van der Waals surface area (Å²) in [6.45, 7) is 6.31. The molecule has 0 unspecified atom stereocenters. The van der Waals surface area contributed by atoms with Crippen LogP contribution in [0.3, 0.4) is 0 Å². The molecule has 0 radical (unpaired) electrons.